The van der Waals surface area contributed by atoms with Crippen molar-refractivity contribution in [3.8, 4) is 0 Å². The number of nitrogens with zero attached hydrogens (tertiary/aromatic N) is 2. The van der Waals surface area contributed by atoms with Crippen molar-refractivity contribution in [2.75, 3.05) is 0 Å². The minimum Gasteiger partial charge on any atom is -0.571 e. The van der Waals surface area contributed by atoms with Gasteiger partial charge in [0, 0.05) is 10.1 Å². The lowest BCUT2D eigenvalue weighted by Crippen LogP contribution is -2.30. The minimum atomic E-state index is 0.375. The van der Waals surface area contributed by atoms with E-state index in [1.807, 2.05) is 0 Å². The molecule has 0 saturated heterocycles. The molecule has 0 fully saturated rings. The summed E-state index contributed by atoms with van der Waals surface area (Å²) in [4.78, 5) is 0.375. The van der Waals surface area contributed by atoms with E-state index in [1.54, 1.807) is 0 Å². The summed E-state index contributed by atoms with van der Waals surface area (Å²) in [6.45, 7) is 0. The molecular weight excluding hydrogens is 82.0 g/mol. The van der Waals surface area contributed by atoms with Crippen molar-refractivity contribution in [3.63, 3.8) is 0 Å². The molecule has 4 nitrogen and oxygen atoms in total. The molecule has 4 heteroatoms. The van der Waals surface area contributed by atoms with Crippen LogP contribution in [0.1, 0.15) is 0 Å². The van der Waals surface area contributed by atoms with Gasteiger partial charge in [-0.1, -0.05) is 0 Å². The summed E-state index contributed by atoms with van der Waals surface area (Å²) in [5, 5.41) is 15.3. The van der Waals surface area contributed by atoms with Gasteiger partial charge in [-0.15, -0.1) is 5.10 Å². The van der Waals surface area contributed by atoms with E-state index in [0.717, 1.165) is 0 Å². The topological polar surface area (TPSA) is 55.6 Å². The van der Waals surface area contributed by atoms with Gasteiger partial charge in [-0.2, -0.15) is 0 Å². The zero-order chi connectivity index (χ0) is 4.41. The molecule has 1 rings (SSSR count). The zero-order valence-corrected chi connectivity index (χ0v) is 2.96. The van der Waals surface area contributed by atoms with E-state index >= 15 is 0 Å². The summed E-state index contributed by atoms with van der Waals surface area (Å²) >= 11 is 0. The van der Waals surface area contributed by atoms with E-state index in [-0.39, 0.29) is 0 Å². The Balaban J connectivity index is 3.05. The average Bonchev–Trinajstić information content (AvgIpc) is 1.86. The third kappa shape index (κ3) is 0.314. The Morgan fingerprint density at radius 1 is 1.83 bits per heavy atom. The first-order chi connectivity index (χ1) is 2.89. The normalized spacial score (nSPS) is 8.67. The predicted molar refractivity (Wildman–Crippen MR) is 17.5 cm³/mol. The third-order valence-electron chi connectivity index (χ3n) is 0.431. The van der Waals surface area contributed by atoms with Gasteiger partial charge in [-0.25, -0.2) is 0 Å². The van der Waals surface area contributed by atoms with Crippen molar-refractivity contribution in [2.45, 2.75) is 0 Å². The number of hydrogen-bond donors (Lipinski definition) is 1. The van der Waals surface area contributed by atoms with Gasteiger partial charge in [0.2, 0.25) is 0 Å². The number of H-pyrrole nitrogens is 1. The number of aromatic nitrogens is 3. The predicted octanol–water partition coefficient (Wildman–Crippen LogP) is -0.957. The first-order valence-corrected chi connectivity index (χ1v) is 1.49. The van der Waals surface area contributed by atoms with Crippen LogP contribution < -0.4 is 4.96 Å². The Kier molecular flexibility index (Phi) is 0.506. The van der Waals surface area contributed by atoms with Crippen molar-refractivity contribution in [1.29, 1.82) is 0 Å². The number of rotatable bonds is 0. The summed E-state index contributed by atoms with van der Waals surface area (Å²) in [5.74, 6) is 0. The minimum absolute atomic E-state index is 0.375. The van der Waals surface area contributed by atoms with E-state index in [2.05, 4.69) is 10.2 Å². The molecule has 32 valence electrons. The first kappa shape index (κ1) is 3.14. The van der Waals surface area contributed by atoms with Crippen molar-refractivity contribution < 1.29 is 4.96 Å². The molecule has 0 bridgehead atoms. The molecule has 1 heterocycles. The van der Waals surface area contributed by atoms with Crippen LogP contribution in [0, 0.1) is 5.21 Å². The van der Waals surface area contributed by atoms with E-state index in [0.29, 0.717) is 4.96 Å². The van der Waals surface area contributed by atoms with Crippen molar-refractivity contribution >= 4 is 0 Å². The summed E-state index contributed by atoms with van der Waals surface area (Å²) in [7, 11) is 0. The van der Waals surface area contributed by atoms with Gasteiger partial charge in [0.1, 0.15) is 6.20 Å². The van der Waals surface area contributed by atoms with Gasteiger partial charge in [-0.05, 0) is 0 Å². The molecule has 1 aromatic heterocycles. The maximum absolute atomic E-state index is 9.82. The second kappa shape index (κ2) is 0.965. The van der Waals surface area contributed by atoms with Crippen LogP contribution in [-0.4, -0.2) is 10.2 Å². The molecule has 0 atom stereocenters. The second-order valence-electron chi connectivity index (χ2n) is 0.833. The molecule has 0 aliphatic heterocycles. The fourth-order valence-electron chi connectivity index (χ4n) is 0.224. The lowest BCUT2D eigenvalue weighted by atomic mass is 11.0. The Labute approximate surface area is 34.0 Å². The highest BCUT2D eigenvalue weighted by Gasteiger charge is 1.77. The second-order valence-corrected chi connectivity index (χ2v) is 0.833. The highest BCUT2D eigenvalue weighted by Crippen LogP contribution is 1.54. The first-order valence-electron chi connectivity index (χ1n) is 1.49. The molecule has 0 amide bonds. The molecule has 0 spiro atoms. The zero-order valence-electron chi connectivity index (χ0n) is 2.96. The third-order valence-corrected chi connectivity index (χ3v) is 0.431. The molecule has 6 heavy (non-hydrogen) atoms. The Hall–Kier alpha value is -1.06. The van der Waals surface area contributed by atoms with Gasteiger partial charge < -0.3 is 5.21 Å². The smallest absolute Gasteiger partial charge is 0.120 e. The molecule has 1 aromatic rings. The Bertz CT molecular complexity index is 112. The highest BCUT2D eigenvalue weighted by atomic mass is 16.5. The van der Waals surface area contributed by atoms with E-state index in [1.165, 1.54) is 12.4 Å². The Morgan fingerprint density at radius 2 is 2.67 bits per heavy atom. The summed E-state index contributed by atoms with van der Waals surface area (Å²) < 4.78 is 0. The van der Waals surface area contributed by atoms with E-state index in [4.69, 9.17) is 0 Å². The molecular formula is C2H3N3O. The van der Waals surface area contributed by atoms with E-state index in [9.17, 15) is 5.21 Å². The molecule has 0 saturated carbocycles. The fourth-order valence-corrected chi connectivity index (χ4v) is 0.224. The number of hydrogen-bond acceptors (Lipinski definition) is 2. The molecule has 1 N–H and O–H groups in total. The van der Waals surface area contributed by atoms with Crippen LogP contribution in [0.3, 0.4) is 0 Å². The van der Waals surface area contributed by atoms with Gasteiger partial charge in [0.25, 0.3) is 0 Å². The van der Waals surface area contributed by atoms with Crippen molar-refractivity contribution in [1.82, 2.24) is 10.2 Å². The van der Waals surface area contributed by atoms with Crippen LogP contribution in [0.2, 0.25) is 0 Å². The highest BCUT2D eigenvalue weighted by molar-refractivity contribution is 4.51. The van der Waals surface area contributed by atoms with E-state index < -0.39 is 0 Å². The fraction of sp³-hybridized carbons (Fsp3) is 0. The SMILES string of the molecule is [O-][n+]1ncc[nH]1. The molecule has 0 aliphatic carbocycles. The van der Waals surface area contributed by atoms with Crippen LogP contribution in [-0.2, 0) is 0 Å². The summed E-state index contributed by atoms with van der Waals surface area (Å²) in [6, 6.07) is 0. The lowest BCUT2D eigenvalue weighted by molar-refractivity contribution is -0.722. The number of aromatic amines is 1. The van der Waals surface area contributed by atoms with Crippen molar-refractivity contribution in [2.24, 2.45) is 0 Å². The average molecular weight is 85.1 g/mol. The van der Waals surface area contributed by atoms with Crippen LogP contribution >= 0.6 is 0 Å². The van der Waals surface area contributed by atoms with Gasteiger partial charge >= 0.3 is 0 Å². The standard InChI is InChI=1S/C2H3N3O/c6-5-3-1-2-4-5/h1-2H,(H,3,4). The Morgan fingerprint density at radius 3 is 2.83 bits per heavy atom. The van der Waals surface area contributed by atoms with Gasteiger partial charge in [0.15, 0.2) is 0 Å². The van der Waals surface area contributed by atoms with Crippen LogP contribution in [0.4, 0.5) is 0 Å². The molecule has 0 aromatic carbocycles. The molecule has 0 unspecified atom stereocenters. The molecule has 0 radical (unpaired) electrons. The van der Waals surface area contributed by atoms with Crippen molar-refractivity contribution in [3.05, 3.63) is 17.6 Å². The van der Waals surface area contributed by atoms with Gasteiger partial charge in [-0.3, -0.25) is 0 Å². The maximum Gasteiger partial charge on any atom is 0.120 e. The lowest BCUT2D eigenvalue weighted by Gasteiger charge is -1.74. The van der Waals surface area contributed by atoms with Crippen LogP contribution in [0.25, 0.3) is 0 Å². The molecule has 0 aliphatic rings. The van der Waals surface area contributed by atoms with Crippen LogP contribution in [0.5, 0.6) is 0 Å². The summed E-state index contributed by atoms with van der Waals surface area (Å²) in [6.07, 6.45) is 2.83. The van der Waals surface area contributed by atoms with Gasteiger partial charge in [0.05, 0.1) is 6.20 Å². The van der Waals surface area contributed by atoms with Crippen LogP contribution in [0.15, 0.2) is 12.4 Å². The quantitative estimate of drug-likeness (QED) is 0.326. The maximum atomic E-state index is 9.82. The number of nitrogens with one attached hydrogen (secondary N) is 1. The summed E-state index contributed by atoms with van der Waals surface area (Å²) in [5.41, 5.74) is 0. The largest absolute Gasteiger partial charge is 0.571 e. The monoisotopic (exact) mass is 85.0 g/mol.